The van der Waals surface area contributed by atoms with Crippen LogP contribution in [-0.2, 0) is 0 Å². The van der Waals surface area contributed by atoms with Crippen molar-refractivity contribution in [3.8, 4) is 0 Å². The molecular weight excluding hydrogens is 292 g/mol. The van der Waals surface area contributed by atoms with Crippen LogP contribution in [0.5, 0.6) is 0 Å². The monoisotopic (exact) mass is 324 g/mol. The van der Waals surface area contributed by atoms with Crippen molar-refractivity contribution < 1.29 is 0 Å². The van der Waals surface area contributed by atoms with E-state index in [1.807, 2.05) is 0 Å². The zero-order valence-corrected chi connectivity index (χ0v) is 15.5. The maximum Gasteiger partial charge on any atom is 0.191 e. The summed E-state index contributed by atoms with van der Waals surface area (Å²) in [5, 5.41) is 11.1. The van der Waals surface area contributed by atoms with Crippen LogP contribution in [0.2, 0.25) is 0 Å². The molecule has 2 N–H and O–H groups in total. The molecule has 0 aliphatic carbocycles. The molecule has 1 heterocycles. The number of nitrogens with zero attached hydrogens (tertiary/aromatic N) is 2. The first-order chi connectivity index (χ1) is 10.6. The van der Waals surface area contributed by atoms with E-state index in [2.05, 4.69) is 67.0 Å². The first-order valence-electron chi connectivity index (χ1n) is 8.36. The number of likely N-dealkylation sites (N-methyl/N-ethyl adjacent to an activating group) is 1. The maximum absolute atomic E-state index is 4.72. The lowest BCUT2D eigenvalue weighted by atomic mass is 10.1. The molecule has 1 atom stereocenters. The average Bonchev–Trinajstić information content (AvgIpc) is 3.02. The first kappa shape index (κ1) is 19.0. The quantitative estimate of drug-likeness (QED) is 0.541. The van der Waals surface area contributed by atoms with Crippen LogP contribution in [0.15, 0.2) is 21.8 Å². The van der Waals surface area contributed by atoms with Gasteiger partial charge in [-0.25, -0.2) is 0 Å². The zero-order valence-electron chi connectivity index (χ0n) is 14.7. The van der Waals surface area contributed by atoms with Crippen LogP contribution >= 0.6 is 11.3 Å². The van der Waals surface area contributed by atoms with Crippen LogP contribution in [0.3, 0.4) is 0 Å². The summed E-state index contributed by atoms with van der Waals surface area (Å²) in [7, 11) is 0. The van der Waals surface area contributed by atoms with Gasteiger partial charge >= 0.3 is 0 Å². The predicted octanol–water partition coefficient (Wildman–Crippen LogP) is 3.14. The number of guanidine groups is 1. The van der Waals surface area contributed by atoms with E-state index in [0.717, 1.165) is 38.7 Å². The maximum atomic E-state index is 4.72. The van der Waals surface area contributed by atoms with Gasteiger partial charge in [0.2, 0.25) is 0 Å². The fourth-order valence-corrected chi connectivity index (χ4v) is 3.11. The summed E-state index contributed by atoms with van der Waals surface area (Å²) in [5.41, 5.74) is 1.38. The first-order valence-corrected chi connectivity index (χ1v) is 9.31. The molecule has 0 saturated heterocycles. The Kier molecular flexibility index (Phi) is 9.16. The number of aliphatic imine (C=N–C) groups is 1. The van der Waals surface area contributed by atoms with Gasteiger partial charge in [-0.05, 0) is 49.7 Å². The van der Waals surface area contributed by atoms with Crippen LogP contribution in [-0.4, -0.2) is 49.6 Å². The molecule has 1 unspecified atom stereocenters. The van der Waals surface area contributed by atoms with Gasteiger partial charge in [-0.3, -0.25) is 9.89 Å². The van der Waals surface area contributed by atoms with Crippen molar-refractivity contribution in [1.29, 1.82) is 0 Å². The number of rotatable bonds is 9. The standard InChI is InChI=1S/C17H32N4S/c1-6-18-17(19-9-10-21(7-2)14(3)4)20-12-15(5)16-8-11-22-13-16/h8,11,13-15H,6-7,9-10,12H2,1-5H3,(H2,18,19,20). The SMILES string of the molecule is CCNC(=NCC(C)c1ccsc1)NCCN(CC)C(C)C. The minimum absolute atomic E-state index is 0.463. The molecule has 126 valence electrons. The molecule has 4 nitrogen and oxygen atoms in total. The number of nitrogens with one attached hydrogen (secondary N) is 2. The molecule has 5 heteroatoms. The van der Waals surface area contributed by atoms with Crippen molar-refractivity contribution in [3.63, 3.8) is 0 Å². The lowest BCUT2D eigenvalue weighted by molar-refractivity contribution is 0.237. The third-order valence-electron chi connectivity index (χ3n) is 3.81. The topological polar surface area (TPSA) is 39.7 Å². The van der Waals surface area contributed by atoms with Gasteiger partial charge in [0, 0.05) is 38.1 Å². The molecular formula is C17H32N4S. The Morgan fingerprint density at radius 3 is 2.59 bits per heavy atom. The van der Waals surface area contributed by atoms with Crippen molar-refractivity contribution in [3.05, 3.63) is 22.4 Å². The van der Waals surface area contributed by atoms with Crippen LogP contribution in [0.1, 0.15) is 46.1 Å². The Bertz CT molecular complexity index is 414. The molecule has 22 heavy (non-hydrogen) atoms. The van der Waals surface area contributed by atoms with Gasteiger partial charge in [-0.15, -0.1) is 0 Å². The fraction of sp³-hybridized carbons (Fsp3) is 0.706. The van der Waals surface area contributed by atoms with Crippen molar-refractivity contribution in [1.82, 2.24) is 15.5 Å². The van der Waals surface area contributed by atoms with Crippen LogP contribution in [0, 0.1) is 0 Å². The van der Waals surface area contributed by atoms with E-state index in [4.69, 9.17) is 4.99 Å². The van der Waals surface area contributed by atoms with Gasteiger partial charge in [-0.1, -0.05) is 13.8 Å². The molecule has 0 saturated carbocycles. The molecule has 1 aromatic heterocycles. The Labute approximate surface area is 140 Å². The molecule has 0 aliphatic heterocycles. The van der Waals surface area contributed by atoms with E-state index in [0.29, 0.717) is 12.0 Å². The lowest BCUT2D eigenvalue weighted by Gasteiger charge is -2.25. The summed E-state index contributed by atoms with van der Waals surface area (Å²) in [4.78, 5) is 7.17. The predicted molar refractivity (Wildman–Crippen MR) is 99.1 cm³/mol. The van der Waals surface area contributed by atoms with Crippen molar-refractivity contribution in [2.24, 2.45) is 4.99 Å². The highest BCUT2D eigenvalue weighted by molar-refractivity contribution is 7.07. The van der Waals surface area contributed by atoms with Gasteiger partial charge in [0.1, 0.15) is 0 Å². The van der Waals surface area contributed by atoms with Gasteiger partial charge < -0.3 is 10.6 Å². The second kappa shape index (κ2) is 10.6. The van der Waals surface area contributed by atoms with Gasteiger partial charge in [-0.2, -0.15) is 11.3 Å². The third kappa shape index (κ3) is 6.79. The van der Waals surface area contributed by atoms with E-state index >= 15 is 0 Å². The van der Waals surface area contributed by atoms with Crippen molar-refractivity contribution >= 4 is 17.3 Å². The van der Waals surface area contributed by atoms with Gasteiger partial charge in [0.15, 0.2) is 5.96 Å². The summed E-state index contributed by atoms with van der Waals surface area (Å²) in [6, 6.07) is 2.78. The van der Waals surface area contributed by atoms with Crippen LogP contribution in [0.4, 0.5) is 0 Å². The second-order valence-electron chi connectivity index (χ2n) is 5.83. The molecule has 0 amide bonds. The molecule has 0 radical (unpaired) electrons. The van der Waals surface area contributed by atoms with E-state index in [9.17, 15) is 0 Å². The average molecular weight is 325 g/mol. The molecule has 0 aliphatic rings. The Balaban J connectivity index is 2.45. The lowest BCUT2D eigenvalue weighted by Crippen LogP contribution is -2.43. The van der Waals surface area contributed by atoms with Crippen LogP contribution in [0.25, 0.3) is 0 Å². The summed E-state index contributed by atoms with van der Waals surface area (Å²) < 4.78 is 0. The molecule has 1 aromatic rings. The number of thiophene rings is 1. The Morgan fingerprint density at radius 1 is 1.27 bits per heavy atom. The van der Waals surface area contributed by atoms with Crippen LogP contribution < -0.4 is 10.6 Å². The summed E-state index contributed by atoms with van der Waals surface area (Å²) in [5.74, 6) is 1.38. The van der Waals surface area contributed by atoms with Gasteiger partial charge in [0.05, 0.1) is 0 Å². The fourth-order valence-electron chi connectivity index (χ4n) is 2.33. The molecule has 0 bridgehead atoms. The van der Waals surface area contributed by atoms with Crippen molar-refractivity contribution in [2.45, 2.75) is 46.6 Å². The largest absolute Gasteiger partial charge is 0.357 e. The highest BCUT2D eigenvalue weighted by atomic mass is 32.1. The zero-order chi connectivity index (χ0) is 16.4. The molecule has 0 spiro atoms. The van der Waals surface area contributed by atoms with E-state index < -0.39 is 0 Å². The molecule has 0 aromatic carbocycles. The van der Waals surface area contributed by atoms with E-state index in [1.54, 1.807) is 11.3 Å². The normalized spacial score (nSPS) is 13.7. The highest BCUT2D eigenvalue weighted by Gasteiger charge is 2.08. The minimum atomic E-state index is 0.463. The highest BCUT2D eigenvalue weighted by Crippen LogP contribution is 2.18. The summed E-state index contributed by atoms with van der Waals surface area (Å²) in [6.07, 6.45) is 0. The van der Waals surface area contributed by atoms with E-state index in [1.165, 1.54) is 5.56 Å². The van der Waals surface area contributed by atoms with Gasteiger partial charge in [0.25, 0.3) is 0 Å². The number of hydrogen-bond donors (Lipinski definition) is 2. The summed E-state index contributed by atoms with van der Waals surface area (Å²) >= 11 is 1.75. The summed E-state index contributed by atoms with van der Waals surface area (Å²) in [6.45, 7) is 15.8. The Hall–Kier alpha value is -1.07. The number of hydrogen-bond acceptors (Lipinski definition) is 3. The second-order valence-corrected chi connectivity index (χ2v) is 6.61. The molecule has 0 fully saturated rings. The van der Waals surface area contributed by atoms with Crippen molar-refractivity contribution in [2.75, 3.05) is 32.7 Å². The minimum Gasteiger partial charge on any atom is -0.357 e. The van der Waals surface area contributed by atoms with E-state index in [-0.39, 0.29) is 0 Å². The smallest absolute Gasteiger partial charge is 0.191 e. The molecule has 1 rings (SSSR count). The Morgan fingerprint density at radius 2 is 2.05 bits per heavy atom. The third-order valence-corrected chi connectivity index (χ3v) is 4.51.